The molecule has 1 aliphatic heterocycles. The number of phenols is 1. The van der Waals surface area contributed by atoms with Gasteiger partial charge in [0.15, 0.2) is 0 Å². The molecule has 1 aliphatic rings. The van der Waals surface area contributed by atoms with Crippen LogP contribution in [0.25, 0.3) is 0 Å². The highest BCUT2D eigenvalue weighted by atomic mass is 16.3. The third-order valence-corrected chi connectivity index (χ3v) is 4.20. The summed E-state index contributed by atoms with van der Waals surface area (Å²) in [5.41, 5.74) is 2.20. The van der Waals surface area contributed by atoms with Crippen LogP contribution < -0.4 is 5.32 Å². The lowest BCUT2D eigenvalue weighted by Crippen LogP contribution is -2.32. The van der Waals surface area contributed by atoms with Crippen LogP contribution in [0.15, 0.2) is 18.2 Å². The van der Waals surface area contributed by atoms with Crippen LogP contribution in [0.4, 0.5) is 0 Å². The molecule has 1 fully saturated rings. The van der Waals surface area contributed by atoms with E-state index in [0.29, 0.717) is 5.75 Å². The number of phenolic OH excluding ortho intramolecular Hbond substituents is 1. The first-order chi connectivity index (χ1) is 9.66. The van der Waals surface area contributed by atoms with Gasteiger partial charge in [0.1, 0.15) is 5.75 Å². The first kappa shape index (κ1) is 15.3. The van der Waals surface area contributed by atoms with E-state index >= 15 is 0 Å². The minimum Gasteiger partial charge on any atom is -0.508 e. The third-order valence-electron chi connectivity index (χ3n) is 4.20. The van der Waals surface area contributed by atoms with Gasteiger partial charge < -0.3 is 15.3 Å². The molecule has 3 nitrogen and oxygen atoms in total. The third kappa shape index (κ3) is 4.50. The van der Waals surface area contributed by atoms with E-state index in [1.165, 1.54) is 50.9 Å². The van der Waals surface area contributed by atoms with Crippen LogP contribution in [0, 0.1) is 6.92 Å². The molecule has 1 unspecified atom stereocenters. The van der Waals surface area contributed by atoms with Crippen molar-refractivity contribution in [3.63, 3.8) is 0 Å². The first-order valence-corrected chi connectivity index (χ1v) is 7.92. The Morgan fingerprint density at radius 2 is 2.00 bits per heavy atom. The summed E-state index contributed by atoms with van der Waals surface area (Å²) in [5.74, 6) is 0.395. The summed E-state index contributed by atoms with van der Waals surface area (Å²) in [6, 6.07) is 6.01. The molecule has 1 heterocycles. The number of likely N-dealkylation sites (tertiary alicyclic amines) is 1. The summed E-state index contributed by atoms with van der Waals surface area (Å²) in [7, 11) is 0. The highest BCUT2D eigenvalue weighted by molar-refractivity contribution is 5.37. The van der Waals surface area contributed by atoms with Crippen LogP contribution >= 0.6 is 0 Å². The summed E-state index contributed by atoms with van der Waals surface area (Å²) in [6.07, 6.45) is 5.30. The van der Waals surface area contributed by atoms with Crippen molar-refractivity contribution in [2.75, 3.05) is 26.2 Å². The van der Waals surface area contributed by atoms with E-state index in [-0.39, 0.29) is 6.04 Å². The Hall–Kier alpha value is -1.06. The molecule has 0 radical (unpaired) electrons. The predicted molar refractivity (Wildman–Crippen MR) is 84.2 cm³/mol. The number of hydrogen-bond donors (Lipinski definition) is 2. The van der Waals surface area contributed by atoms with Gasteiger partial charge in [-0.25, -0.2) is 0 Å². The molecule has 0 amide bonds. The molecule has 1 atom stereocenters. The molecule has 2 rings (SSSR count). The number of benzene rings is 1. The lowest BCUT2D eigenvalue weighted by atomic mass is 10.0. The number of aryl methyl sites for hydroxylation is 1. The Kier molecular flexibility index (Phi) is 5.86. The molecule has 1 aromatic rings. The molecular formula is C17H28N2O. The van der Waals surface area contributed by atoms with E-state index in [9.17, 15) is 5.11 Å². The van der Waals surface area contributed by atoms with Gasteiger partial charge in [0.05, 0.1) is 0 Å². The molecule has 1 saturated heterocycles. The van der Waals surface area contributed by atoms with E-state index in [2.05, 4.69) is 30.1 Å². The smallest absolute Gasteiger partial charge is 0.120 e. The number of hydrogen-bond acceptors (Lipinski definition) is 3. The fourth-order valence-electron chi connectivity index (χ4n) is 2.93. The Morgan fingerprint density at radius 1 is 1.25 bits per heavy atom. The van der Waals surface area contributed by atoms with Crippen molar-refractivity contribution >= 4 is 0 Å². The van der Waals surface area contributed by atoms with Crippen LogP contribution in [0.2, 0.25) is 0 Å². The van der Waals surface area contributed by atoms with Gasteiger partial charge >= 0.3 is 0 Å². The molecule has 0 aromatic heterocycles. The Bertz CT molecular complexity index is 413. The molecule has 0 spiro atoms. The van der Waals surface area contributed by atoms with Crippen molar-refractivity contribution in [1.82, 2.24) is 10.2 Å². The molecule has 3 heteroatoms. The molecule has 0 bridgehead atoms. The van der Waals surface area contributed by atoms with Gasteiger partial charge in [-0.15, -0.1) is 0 Å². The quantitative estimate of drug-likeness (QED) is 0.783. The molecular weight excluding hydrogens is 248 g/mol. The fraction of sp³-hybridized carbons (Fsp3) is 0.647. The summed E-state index contributed by atoms with van der Waals surface area (Å²) < 4.78 is 0. The highest BCUT2D eigenvalue weighted by Gasteiger charge is 2.11. The largest absolute Gasteiger partial charge is 0.508 e. The molecule has 20 heavy (non-hydrogen) atoms. The minimum atomic E-state index is 0.205. The number of piperidine rings is 1. The van der Waals surface area contributed by atoms with E-state index in [1.54, 1.807) is 6.07 Å². The predicted octanol–water partition coefficient (Wildman–Crippen LogP) is 3.23. The van der Waals surface area contributed by atoms with Gasteiger partial charge in [-0.05, 0) is 65.4 Å². The summed E-state index contributed by atoms with van der Waals surface area (Å²) in [5, 5.41) is 13.4. The number of rotatable bonds is 6. The van der Waals surface area contributed by atoms with Crippen molar-refractivity contribution in [2.45, 2.75) is 45.6 Å². The van der Waals surface area contributed by atoms with Crippen LogP contribution in [0.1, 0.15) is 49.8 Å². The van der Waals surface area contributed by atoms with Crippen molar-refractivity contribution in [3.05, 3.63) is 29.3 Å². The van der Waals surface area contributed by atoms with E-state index in [0.717, 1.165) is 12.1 Å². The normalized spacial score (nSPS) is 18.1. The second kappa shape index (κ2) is 7.65. The first-order valence-electron chi connectivity index (χ1n) is 7.92. The van der Waals surface area contributed by atoms with Crippen molar-refractivity contribution in [3.8, 4) is 5.75 Å². The summed E-state index contributed by atoms with van der Waals surface area (Å²) in [6.45, 7) is 8.93. The number of nitrogens with zero attached hydrogens (tertiary/aromatic N) is 1. The van der Waals surface area contributed by atoms with E-state index in [1.807, 2.05) is 6.07 Å². The lowest BCUT2D eigenvalue weighted by molar-refractivity contribution is 0.225. The molecule has 2 N–H and O–H groups in total. The second-order valence-electron chi connectivity index (χ2n) is 5.99. The summed E-state index contributed by atoms with van der Waals surface area (Å²) in [4.78, 5) is 2.57. The zero-order valence-corrected chi connectivity index (χ0v) is 12.9. The summed E-state index contributed by atoms with van der Waals surface area (Å²) >= 11 is 0. The fourth-order valence-corrected chi connectivity index (χ4v) is 2.93. The van der Waals surface area contributed by atoms with Crippen molar-refractivity contribution in [2.24, 2.45) is 0 Å². The Morgan fingerprint density at radius 3 is 2.75 bits per heavy atom. The topological polar surface area (TPSA) is 35.5 Å². The highest BCUT2D eigenvalue weighted by Crippen LogP contribution is 2.24. The number of nitrogens with one attached hydrogen (secondary N) is 1. The monoisotopic (exact) mass is 276 g/mol. The average Bonchev–Trinajstić information content (AvgIpc) is 2.47. The molecule has 112 valence electrons. The van der Waals surface area contributed by atoms with E-state index < -0.39 is 0 Å². The van der Waals surface area contributed by atoms with Crippen LogP contribution in [0.5, 0.6) is 5.75 Å². The SMILES string of the molecule is Cc1ccc(O)c(C(C)NCCCN2CCCCC2)c1. The second-order valence-corrected chi connectivity index (χ2v) is 5.99. The van der Waals surface area contributed by atoms with Gasteiger partial charge in [0.25, 0.3) is 0 Å². The zero-order chi connectivity index (χ0) is 14.4. The van der Waals surface area contributed by atoms with Gasteiger partial charge in [-0.3, -0.25) is 0 Å². The maximum atomic E-state index is 9.92. The maximum Gasteiger partial charge on any atom is 0.120 e. The molecule has 0 aliphatic carbocycles. The molecule has 1 aromatic carbocycles. The van der Waals surface area contributed by atoms with Gasteiger partial charge in [-0.1, -0.05) is 24.1 Å². The minimum absolute atomic E-state index is 0.205. The lowest BCUT2D eigenvalue weighted by Gasteiger charge is -2.26. The Balaban J connectivity index is 1.71. The van der Waals surface area contributed by atoms with E-state index in [4.69, 9.17) is 0 Å². The van der Waals surface area contributed by atoms with Crippen LogP contribution in [0.3, 0.4) is 0 Å². The van der Waals surface area contributed by atoms with Crippen LogP contribution in [-0.4, -0.2) is 36.2 Å². The average molecular weight is 276 g/mol. The van der Waals surface area contributed by atoms with Crippen LogP contribution in [-0.2, 0) is 0 Å². The Labute approximate surface area is 123 Å². The standard InChI is InChI=1S/C17H28N2O/c1-14-7-8-17(20)16(13-14)15(2)18-9-6-12-19-10-4-3-5-11-19/h7-8,13,15,18,20H,3-6,9-12H2,1-2H3. The maximum absolute atomic E-state index is 9.92. The van der Waals surface area contributed by atoms with Crippen molar-refractivity contribution < 1.29 is 5.11 Å². The van der Waals surface area contributed by atoms with Gasteiger partial charge in [-0.2, -0.15) is 0 Å². The van der Waals surface area contributed by atoms with Crippen molar-refractivity contribution in [1.29, 1.82) is 0 Å². The number of aromatic hydroxyl groups is 1. The van der Waals surface area contributed by atoms with Gasteiger partial charge in [0, 0.05) is 11.6 Å². The van der Waals surface area contributed by atoms with Gasteiger partial charge in [0.2, 0.25) is 0 Å². The zero-order valence-electron chi connectivity index (χ0n) is 12.9. The molecule has 0 saturated carbocycles.